The van der Waals surface area contributed by atoms with Crippen molar-refractivity contribution in [2.24, 2.45) is 0 Å². The van der Waals surface area contributed by atoms with E-state index in [9.17, 15) is 9.59 Å². The minimum Gasteiger partial charge on any atom is -0.492 e. The number of para-hydroxylation sites is 1. The SMILES string of the molecule is CC(=O)N[C@H]1C(=O)N(CCOc2ccc3ccccc3c2)c2ccccc21. The summed E-state index contributed by atoms with van der Waals surface area (Å²) >= 11 is 0. The third kappa shape index (κ3) is 3.36. The largest absolute Gasteiger partial charge is 0.492 e. The molecule has 1 N–H and O–H groups in total. The first-order chi connectivity index (χ1) is 13.1. The van der Waals surface area contributed by atoms with Crippen LogP contribution in [0.1, 0.15) is 18.5 Å². The van der Waals surface area contributed by atoms with E-state index in [1.165, 1.54) is 6.92 Å². The molecule has 1 aliphatic rings. The molecule has 5 heteroatoms. The number of amides is 2. The van der Waals surface area contributed by atoms with Crippen LogP contribution < -0.4 is 15.0 Å². The normalized spacial score (nSPS) is 15.7. The number of hydrogen-bond acceptors (Lipinski definition) is 3. The van der Waals surface area contributed by atoms with Crippen molar-refractivity contribution >= 4 is 28.3 Å². The maximum Gasteiger partial charge on any atom is 0.254 e. The monoisotopic (exact) mass is 360 g/mol. The number of ether oxygens (including phenoxy) is 1. The second-order valence-electron chi connectivity index (χ2n) is 6.54. The summed E-state index contributed by atoms with van der Waals surface area (Å²) in [6.07, 6.45) is 0. The van der Waals surface area contributed by atoms with Gasteiger partial charge in [-0.05, 0) is 29.0 Å². The molecule has 27 heavy (non-hydrogen) atoms. The molecular weight excluding hydrogens is 340 g/mol. The minimum atomic E-state index is -0.626. The molecule has 1 aliphatic heterocycles. The van der Waals surface area contributed by atoms with E-state index < -0.39 is 6.04 Å². The predicted octanol–water partition coefficient (Wildman–Crippen LogP) is 3.44. The average Bonchev–Trinajstić information content (AvgIpc) is 2.93. The van der Waals surface area contributed by atoms with Crippen molar-refractivity contribution in [3.8, 4) is 5.75 Å². The summed E-state index contributed by atoms with van der Waals surface area (Å²) in [5.74, 6) is 0.415. The third-order valence-electron chi connectivity index (χ3n) is 4.70. The van der Waals surface area contributed by atoms with Crippen LogP contribution in [-0.4, -0.2) is 25.0 Å². The Bertz CT molecular complexity index is 1020. The van der Waals surface area contributed by atoms with Crippen molar-refractivity contribution in [1.29, 1.82) is 0 Å². The van der Waals surface area contributed by atoms with Gasteiger partial charge in [0.2, 0.25) is 5.91 Å². The van der Waals surface area contributed by atoms with Crippen LogP contribution in [-0.2, 0) is 9.59 Å². The molecule has 0 aromatic heterocycles. The van der Waals surface area contributed by atoms with E-state index in [0.717, 1.165) is 27.8 Å². The molecule has 2 amide bonds. The fourth-order valence-electron chi connectivity index (χ4n) is 3.47. The van der Waals surface area contributed by atoms with Crippen molar-refractivity contribution in [3.05, 3.63) is 72.3 Å². The van der Waals surface area contributed by atoms with E-state index in [0.29, 0.717) is 13.2 Å². The minimum absolute atomic E-state index is 0.131. The Balaban J connectivity index is 1.47. The number of nitrogens with one attached hydrogen (secondary N) is 1. The van der Waals surface area contributed by atoms with E-state index in [2.05, 4.69) is 11.4 Å². The van der Waals surface area contributed by atoms with Crippen LogP contribution in [0.4, 0.5) is 5.69 Å². The predicted molar refractivity (Wildman–Crippen MR) is 105 cm³/mol. The van der Waals surface area contributed by atoms with E-state index in [1.54, 1.807) is 4.90 Å². The van der Waals surface area contributed by atoms with Gasteiger partial charge in [0.05, 0.1) is 6.54 Å². The lowest BCUT2D eigenvalue weighted by Gasteiger charge is -2.18. The van der Waals surface area contributed by atoms with Crippen LogP contribution in [0.2, 0.25) is 0 Å². The molecule has 136 valence electrons. The number of carbonyl (C=O) groups is 2. The molecule has 0 fully saturated rings. The van der Waals surface area contributed by atoms with Crippen molar-refractivity contribution in [1.82, 2.24) is 5.32 Å². The summed E-state index contributed by atoms with van der Waals surface area (Å²) in [5, 5.41) is 5.01. The third-order valence-corrected chi connectivity index (χ3v) is 4.70. The Kier molecular flexibility index (Phi) is 4.50. The lowest BCUT2D eigenvalue weighted by atomic mass is 10.1. The molecule has 3 aromatic carbocycles. The van der Waals surface area contributed by atoms with Crippen molar-refractivity contribution in [2.45, 2.75) is 13.0 Å². The molecular formula is C22H20N2O3. The van der Waals surface area contributed by atoms with Crippen LogP contribution in [0.25, 0.3) is 10.8 Å². The van der Waals surface area contributed by atoms with Gasteiger partial charge in [-0.25, -0.2) is 0 Å². The number of anilines is 1. The van der Waals surface area contributed by atoms with Crippen LogP contribution in [0.5, 0.6) is 5.75 Å². The topological polar surface area (TPSA) is 58.6 Å². The molecule has 1 atom stereocenters. The summed E-state index contributed by atoms with van der Waals surface area (Å²) in [7, 11) is 0. The molecule has 0 bridgehead atoms. The summed E-state index contributed by atoms with van der Waals surface area (Å²) < 4.78 is 5.87. The quantitative estimate of drug-likeness (QED) is 0.758. The summed E-state index contributed by atoms with van der Waals surface area (Å²) in [6.45, 7) is 2.20. The van der Waals surface area contributed by atoms with Gasteiger partial charge in [-0.1, -0.05) is 48.5 Å². The Morgan fingerprint density at radius 2 is 1.78 bits per heavy atom. The molecule has 0 saturated heterocycles. The number of rotatable bonds is 5. The summed E-state index contributed by atoms with van der Waals surface area (Å²) in [5.41, 5.74) is 1.65. The van der Waals surface area contributed by atoms with Gasteiger partial charge in [-0.3, -0.25) is 9.59 Å². The first kappa shape index (κ1) is 17.1. The highest BCUT2D eigenvalue weighted by Crippen LogP contribution is 2.35. The smallest absolute Gasteiger partial charge is 0.254 e. The van der Waals surface area contributed by atoms with Gasteiger partial charge in [-0.2, -0.15) is 0 Å². The van der Waals surface area contributed by atoms with Gasteiger partial charge in [0.15, 0.2) is 0 Å². The highest BCUT2D eigenvalue weighted by Gasteiger charge is 2.37. The number of nitrogens with zero attached hydrogens (tertiary/aromatic N) is 1. The first-order valence-corrected chi connectivity index (χ1v) is 8.92. The Hall–Kier alpha value is -3.34. The van der Waals surface area contributed by atoms with Gasteiger partial charge >= 0.3 is 0 Å². The Labute approximate surface area is 157 Å². The number of fused-ring (bicyclic) bond motifs is 2. The molecule has 0 saturated carbocycles. The van der Waals surface area contributed by atoms with Gasteiger partial charge in [0, 0.05) is 18.2 Å². The fourth-order valence-corrected chi connectivity index (χ4v) is 3.47. The zero-order valence-corrected chi connectivity index (χ0v) is 15.0. The standard InChI is InChI=1S/C22H20N2O3/c1-15(25)23-21-19-8-4-5-9-20(19)24(22(21)26)12-13-27-18-11-10-16-6-2-3-7-17(16)14-18/h2-11,14,21H,12-13H2,1H3,(H,23,25)/t21-/m1/s1. The summed E-state index contributed by atoms with van der Waals surface area (Å²) in [4.78, 5) is 25.9. The highest BCUT2D eigenvalue weighted by molar-refractivity contribution is 6.06. The average molecular weight is 360 g/mol. The molecule has 0 spiro atoms. The molecule has 0 unspecified atom stereocenters. The van der Waals surface area contributed by atoms with Crippen molar-refractivity contribution in [2.75, 3.05) is 18.1 Å². The van der Waals surface area contributed by atoms with E-state index in [1.807, 2.05) is 60.7 Å². The lowest BCUT2D eigenvalue weighted by molar-refractivity contribution is -0.126. The second-order valence-corrected chi connectivity index (χ2v) is 6.54. The number of hydrogen-bond donors (Lipinski definition) is 1. The zero-order valence-electron chi connectivity index (χ0n) is 15.0. The van der Waals surface area contributed by atoms with Crippen LogP contribution in [0, 0.1) is 0 Å². The van der Waals surface area contributed by atoms with E-state index in [-0.39, 0.29) is 11.8 Å². The maximum atomic E-state index is 12.8. The summed E-state index contributed by atoms with van der Waals surface area (Å²) in [6, 6.07) is 20.9. The van der Waals surface area contributed by atoms with Gasteiger partial charge in [0.1, 0.15) is 18.4 Å². The van der Waals surface area contributed by atoms with E-state index >= 15 is 0 Å². The fraction of sp³-hybridized carbons (Fsp3) is 0.182. The molecule has 0 radical (unpaired) electrons. The zero-order chi connectivity index (χ0) is 18.8. The van der Waals surface area contributed by atoms with Crippen LogP contribution in [0.3, 0.4) is 0 Å². The number of carbonyl (C=O) groups excluding carboxylic acids is 2. The van der Waals surface area contributed by atoms with Crippen LogP contribution >= 0.6 is 0 Å². The van der Waals surface area contributed by atoms with E-state index in [4.69, 9.17) is 4.74 Å². The Morgan fingerprint density at radius 3 is 2.59 bits per heavy atom. The molecule has 4 rings (SSSR count). The number of benzene rings is 3. The molecule has 5 nitrogen and oxygen atoms in total. The van der Waals surface area contributed by atoms with Gasteiger partial charge in [0.25, 0.3) is 5.91 Å². The highest BCUT2D eigenvalue weighted by atomic mass is 16.5. The van der Waals surface area contributed by atoms with Gasteiger partial charge < -0.3 is 15.0 Å². The first-order valence-electron chi connectivity index (χ1n) is 8.92. The van der Waals surface area contributed by atoms with Crippen LogP contribution in [0.15, 0.2) is 66.7 Å². The second kappa shape index (κ2) is 7.11. The molecule has 1 heterocycles. The van der Waals surface area contributed by atoms with Crippen molar-refractivity contribution < 1.29 is 14.3 Å². The Morgan fingerprint density at radius 1 is 1.04 bits per heavy atom. The molecule has 3 aromatic rings. The molecule has 0 aliphatic carbocycles. The lowest BCUT2D eigenvalue weighted by Crippen LogP contribution is -2.38. The van der Waals surface area contributed by atoms with Gasteiger partial charge in [-0.15, -0.1) is 0 Å². The maximum absolute atomic E-state index is 12.8. The van der Waals surface area contributed by atoms with Crippen molar-refractivity contribution in [3.63, 3.8) is 0 Å².